The van der Waals surface area contributed by atoms with Gasteiger partial charge in [0, 0.05) is 19.3 Å². The maximum atomic E-state index is 10.7. The van der Waals surface area contributed by atoms with Crippen LogP contribution >= 0.6 is 0 Å². The molecule has 0 spiro atoms. The van der Waals surface area contributed by atoms with Crippen LogP contribution in [-0.4, -0.2) is 22.3 Å². The minimum atomic E-state index is -0.690. The summed E-state index contributed by atoms with van der Waals surface area (Å²) in [4.78, 5) is 21.1. The molecule has 0 heterocycles. The number of aliphatic hydroxyl groups is 1. The van der Waals surface area contributed by atoms with Gasteiger partial charge in [-0.2, -0.15) is 0 Å². The van der Waals surface area contributed by atoms with Crippen molar-refractivity contribution in [3.63, 3.8) is 0 Å². The summed E-state index contributed by atoms with van der Waals surface area (Å²) in [6.45, 7) is 9.06. The third-order valence-corrected chi connectivity index (χ3v) is 2.54. The highest BCUT2D eigenvalue weighted by Gasteiger charge is 2.13. The molecule has 0 saturated carbocycles. The van der Waals surface area contributed by atoms with Crippen LogP contribution in [0.4, 0.5) is 0 Å². The fourth-order valence-corrected chi connectivity index (χ4v) is 1.25. The zero-order chi connectivity index (χ0) is 14.6. The van der Waals surface area contributed by atoms with Gasteiger partial charge in [0.25, 0.3) is 0 Å². The standard InChI is InChI=1S/C8H16O2.C7H14O/c1-4-7(9)5-6-8(2,3)10;1-3-4-5-6-7(2)8/h10H,4-6H2,1-3H3;3-6H2,1-2H3. The Hall–Kier alpha value is -0.700. The molecule has 0 aliphatic heterocycles. The van der Waals surface area contributed by atoms with Gasteiger partial charge in [0.15, 0.2) is 0 Å². The number of carbonyl (C=O) groups is 2. The Morgan fingerprint density at radius 2 is 1.61 bits per heavy atom. The molecule has 0 aliphatic carbocycles. The van der Waals surface area contributed by atoms with Crippen LogP contribution in [0.25, 0.3) is 0 Å². The lowest BCUT2D eigenvalue weighted by Crippen LogP contribution is -2.19. The molecule has 3 heteroatoms. The molecule has 0 radical (unpaired) electrons. The lowest BCUT2D eigenvalue weighted by atomic mass is 10.0. The second-order valence-electron chi connectivity index (χ2n) is 5.36. The van der Waals surface area contributed by atoms with E-state index >= 15 is 0 Å². The average molecular weight is 258 g/mol. The lowest BCUT2D eigenvalue weighted by molar-refractivity contribution is -0.120. The molecule has 0 atom stereocenters. The first-order valence-electron chi connectivity index (χ1n) is 6.96. The van der Waals surface area contributed by atoms with E-state index in [0.717, 1.165) is 12.8 Å². The van der Waals surface area contributed by atoms with Crippen molar-refractivity contribution in [2.24, 2.45) is 0 Å². The van der Waals surface area contributed by atoms with E-state index in [2.05, 4.69) is 6.92 Å². The maximum Gasteiger partial charge on any atom is 0.132 e. The summed E-state index contributed by atoms with van der Waals surface area (Å²) in [7, 11) is 0. The molecule has 0 saturated heterocycles. The summed E-state index contributed by atoms with van der Waals surface area (Å²) in [5, 5.41) is 9.21. The summed E-state index contributed by atoms with van der Waals surface area (Å²) in [5.41, 5.74) is -0.690. The van der Waals surface area contributed by atoms with Gasteiger partial charge >= 0.3 is 0 Å². The number of unbranched alkanes of at least 4 members (excludes halogenated alkanes) is 2. The van der Waals surface area contributed by atoms with Gasteiger partial charge in [-0.15, -0.1) is 0 Å². The van der Waals surface area contributed by atoms with Gasteiger partial charge in [-0.1, -0.05) is 26.7 Å². The van der Waals surface area contributed by atoms with Gasteiger partial charge in [-0.25, -0.2) is 0 Å². The molecule has 0 rings (SSSR count). The SMILES string of the molecule is CCC(=O)CCC(C)(C)O.CCCCCC(C)=O. The van der Waals surface area contributed by atoms with E-state index in [0.29, 0.717) is 25.0 Å². The normalized spacial score (nSPS) is 10.6. The first kappa shape index (κ1) is 19.6. The summed E-state index contributed by atoms with van der Waals surface area (Å²) >= 11 is 0. The first-order chi connectivity index (χ1) is 8.22. The molecule has 0 amide bonds. The Bertz CT molecular complexity index is 226. The van der Waals surface area contributed by atoms with Gasteiger partial charge in [0.2, 0.25) is 0 Å². The molecule has 0 bridgehead atoms. The van der Waals surface area contributed by atoms with E-state index < -0.39 is 5.60 Å². The summed E-state index contributed by atoms with van der Waals surface area (Å²) in [5.74, 6) is 0.542. The smallest absolute Gasteiger partial charge is 0.132 e. The highest BCUT2D eigenvalue weighted by molar-refractivity contribution is 5.78. The predicted molar refractivity (Wildman–Crippen MR) is 75.7 cm³/mol. The Morgan fingerprint density at radius 1 is 1.06 bits per heavy atom. The van der Waals surface area contributed by atoms with Crippen molar-refractivity contribution >= 4 is 11.6 Å². The molecule has 0 aromatic carbocycles. The molecule has 1 N–H and O–H groups in total. The summed E-state index contributed by atoms with van der Waals surface area (Å²) < 4.78 is 0. The minimum absolute atomic E-state index is 0.224. The summed E-state index contributed by atoms with van der Waals surface area (Å²) in [6, 6.07) is 0. The third-order valence-electron chi connectivity index (χ3n) is 2.54. The number of carbonyl (C=O) groups excluding carboxylic acids is 2. The van der Waals surface area contributed by atoms with Gasteiger partial charge in [-0.05, 0) is 33.6 Å². The molecule has 18 heavy (non-hydrogen) atoms. The van der Waals surface area contributed by atoms with Gasteiger partial charge < -0.3 is 9.90 Å². The van der Waals surface area contributed by atoms with E-state index in [4.69, 9.17) is 0 Å². The van der Waals surface area contributed by atoms with Crippen molar-refractivity contribution < 1.29 is 14.7 Å². The monoisotopic (exact) mass is 258 g/mol. The second-order valence-corrected chi connectivity index (χ2v) is 5.36. The molecule has 0 unspecified atom stereocenters. The lowest BCUT2D eigenvalue weighted by Gasteiger charge is -2.15. The van der Waals surface area contributed by atoms with E-state index in [-0.39, 0.29) is 5.78 Å². The molecule has 108 valence electrons. The highest BCUT2D eigenvalue weighted by Crippen LogP contribution is 2.10. The molecule has 0 aromatic rings. The Balaban J connectivity index is 0. The van der Waals surface area contributed by atoms with Crippen LogP contribution in [0, 0.1) is 0 Å². The second kappa shape index (κ2) is 11.4. The van der Waals surface area contributed by atoms with Crippen LogP contribution in [0.2, 0.25) is 0 Å². The number of ketones is 2. The molecule has 0 fully saturated rings. The molecule has 0 aliphatic rings. The Kier molecular flexibility index (Phi) is 12.4. The van der Waals surface area contributed by atoms with Crippen LogP contribution in [0.3, 0.4) is 0 Å². The average Bonchev–Trinajstić information content (AvgIpc) is 2.25. The van der Waals surface area contributed by atoms with Crippen molar-refractivity contribution in [3.05, 3.63) is 0 Å². The van der Waals surface area contributed by atoms with Crippen LogP contribution < -0.4 is 0 Å². The third kappa shape index (κ3) is 20.7. The molecule has 0 aromatic heterocycles. The Labute approximate surface area is 112 Å². The van der Waals surface area contributed by atoms with Crippen LogP contribution in [0.5, 0.6) is 0 Å². The van der Waals surface area contributed by atoms with Gasteiger partial charge in [-0.3, -0.25) is 4.79 Å². The zero-order valence-electron chi connectivity index (χ0n) is 12.7. The molecular formula is C15H30O3. The quantitative estimate of drug-likeness (QED) is 0.676. The fraction of sp³-hybridized carbons (Fsp3) is 0.867. The number of rotatable bonds is 8. The van der Waals surface area contributed by atoms with Crippen LogP contribution in [-0.2, 0) is 9.59 Å². The summed E-state index contributed by atoms with van der Waals surface area (Å²) in [6.07, 6.45) is 5.89. The predicted octanol–water partition coefficient (Wildman–Crippen LogP) is 3.67. The van der Waals surface area contributed by atoms with Crippen molar-refractivity contribution in [1.29, 1.82) is 0 Å². The molecular weight excluding hydrogens is 228 g/mol. The zero-order valence-corrected chi connectivity index (χ0v) is 12.7. The number of hydrogen-bond donors (Lipinski definition) is 1. The Morgan fingerprint density at radius 3 is 1.94 bits per heavy atom. The van der Waals surface area contributed by atoms with E-state index in [1.54, 1.807) is 20.8 Å². The van der Waals surface area contributed by atoms with Crippen LogP contribution in [0.15, 0.2) is 0 Å². The topological polar surface area (TPSA) is 54.4 Å². The van der Waals surface area contributed by atoms with Crippen molar-refractivity contribution in [1.82, 2.24) is 0 Å². The highest BCUT2D eigenvalue weighted by atomic mass is 16.3. The van der Waals surface area contributed by atoms with E-state index in [9.17, 15) is 14.7 Å². The van der Waals surface area contributed by atoms with E-state index in [1.807, 2.05) is 6.92 Å². The molecule has 3 nitrogen and oxygen atoms in total. The van der Waals surface area contributed by atoms with Gasteiger partial charge in [0.1, 0.15) is 11.6 Å². The van der Waals surface area contributed by atoms with Crippen LogP contribution in [0.1, 0.15) is 79.6 Å². The van der Waals surface area contributed by atoms with E-state index in [1.165, 1.54) is 12.8 Å². The minimum Gasteiger partial charge on any atom is -0.390 e. The van der Waals surface area contributed by atoms with Crippen molar-refractivity contribution in [3.8, 4) is 0 Å². The van der Waals surface area contributed by atoms with Crippen molar-refractivity contribution in [2.75, 3.05) is 0 Å². The largest absolute Gasteiger partial charge is 0.390 e. The number of Topliss-reactive ketones (excluding diaryl/α,β-unsaturated/α-hetero) is 2. The maximum absolute atomic E-state index is 10.7. The first-order valence-corrected chi connectivity index (χ1v) is 6.96. The fourth-order valence-electron chi connectivity index (χ4n) is 1.25. The number of hydrogen-bond acceptors (Lipinski definition) is 3. The van der Waals surface area contributed by atoms with Gasteiger partial charge in [0.05, 0.1) is 5.60 Å². The van der Waals surface area contributed by atoms with Crippen molar-refractivity contribution in [2.45, 2.75) is 85.2 Å².